The largest absolute Gasteiger partial charge is 0.508 e. The second kappa shape index (κ2) is 5.19. The Labute approximate surface area is 101 Å². The molecule has 1 aliphatic rings. The van der Waals surface area contributed by atoms with Crippen molar-refractivity contribution < 1.29 is 9.90 Å². The lowest BCUT2D eigenvalue weighted by molar-refractivity contribution is 0.0947. The summed E-state index contributed by atoms with van der Waals surface area (Å²) in [4.78, 5) is 14.1. The van der Waals surface area contributed by atoms with E-state index in [-0.39, 0.29) is 11.7 Å². The molecule has 1 aliphatic heterocycles. The summed E-state index contributed by atoms with van der Waals surface area (Å²) in [5.74, 6) is 0.551. The Hall–Kier alpha value is -1.55. The molecule has 0 bridgehead atoms. The van der Waals surface area contributed by atoms with Gasteiger partial charge in [-0.2, -0.15) is 0 Å². The van der Waals surface area contributed by atoms with Gasteiger partial charge < -0.3 is 15.3 Å². The van der Waals surface area contributed by atoms with Crippen molar-refractivity contribution in [2.24, 2.45) is 5.92 Å². The van der Waals surface area contributed by atoms with Gasteiger partial charge in [-0.25, -0.2) is 0 Å². The fourth-order valence-electron chi connectivity index (χ4n) is 2.18. The molecule has 0 saturated carbocycles. The molecule has 1 unspecified atom stereocenters. The second-order valence-corrected chi connectivity index (χ2v) is 4.68. The summed E-state index contributed by atoms with van der Waals surface area (Å²) >= 11 is 0. The minimum absolute atomic E-state index is 0.115. The zero-order chi connectivity index (χ0) is 12.3. The number of phenols is 1. The number of nitrogens with one attached hydrogen (secondary N) is 1. The lowest BCUT2D eigenvalue weighted by Crippen LogP contribution is -2.30. The van der Waals surface area contributed by atoms with Gasteiger partial charge in [0.1, 0.15) is 5.75 Å². The molecule has 1 heterocycles. The predicted molar refractivity (Wildman–Crippen MR) is 66.0 cm³/mol. The Kier molecular flexibility index (Phi) is 3.64. The Morgan fingerprint density at radius 3 is 3.06 bits per heavy atom. The van der Waals surface area contributed by atoms with Crippen LogP contribution in [0.15, 0.2) is 24.3 Å². The van der Waals surface area contributed by atoms with Crippen LogP contribution in [0, 0.1) is 5.92 Å². The van der Waals surface area contributed by atoms with E-state index in [1.54, 1.807) is 18.2 Å². The molecular weight excluding hydrogens is 216 g/mol. The third kappa shape index (κ3) is 3.20. The molecule has 1 fully saturated rings. The van der Waals surface area contributed by atoms with Gasteiger partial charge in [-0.1, -0.05) is 6.07 Å². The molecule has 1 aromatic carbocycles. The van der Waals surface area contributed by atoms with Crippen LogP contribution in [0.5, 0.6) is 5.75 Å². The van der Waals surface area contributed by atoms with E-state index in [9.17, 15) is 9.90 Å². The molecule has 92 valence electrons. The number of aromatic hydroxyl groups is 1. The Balaban J connectivity index is 1.85. The number of rotatable bonds is 3. The summed E-state index contributed by atoms with van der Waals surface area (Å²) < 4.78 is 0. The summed E-state index contributed by atoms with van der Waals surface area (Å²) in [6, 6.07) is 6.42. The van der Waals surface area contributed by atoms with Crippen molar-refractivity contribution in [2.75, 3.05) is 26.7 Å². The first-order chi connectivity index (χ1) is 8.15. The van der Waals surface area contributed by atoms with Crippen molar-refractivity contribution in [3.05, 3.63) is 29.8 Å². The van der Waals surface area contributed by atoms with Gasteiger partial charge in [0.15, 0.2) is 0 Å². The predicted octanol–water partition coefficient (Wildman–Crippen LogP) is 1.07. The minimum atomic E-state index is -0.115. The normalized spacial score (nSPS) is 20.4. The summed E-state index contributed by atoms with van der Waals surface area (Å²) in [5, 5.41) is 12.2. The van der Waals surface area contributed by atoms with E-state index in [1.165, 1.54) is 6.07 Å². The molecule has 1 saturated heterocycles. The zero-order valence-corrected chi connectivity index (χ0v) is 10.0. The molecule has 4 heteroatoms. The van der Waals surface area contributed by atoms with E-state index in [0.29, 0.717) is 18.0 Å². The van der Waals surface area contributed by atoms with Crippen LogP contribution in [-0.2, 0) is 0 Å². The monoisotopic (exact) mass is 234 g/mol. The Morgan fingerprint density at radius 1 is 1.59 bits per heavy atom. The molecule has 0 radical (unpaired) electrons. The molecule has 17 heavy (non-hydrogen) atoms. The van der Waals surface area contributed by atoms with Crippen LogP contribution in [0.2, 0.25) is 0 Å². The standard InChI is InChI=1S/C13H18N2O2/c1-15-6-5-10(9-15)8-14-13(17)11-3-2-4-12(16)7-11/h2-4,7,10,16H,5-6,8-9H2,1H3,(H,14,17). The molecular formula is C13H18N2O2. The smallest absolute Gasteiger partial charge is 0.251 e. The SMILES string of the molecule is CN1CCC(CNC(=O)c2cccc(O)c2)C1. The Bertz CT molecular complexity index is 406. The van der Waals surface area contributed by atoms with Gasteiger partial charge in [0.2, 0.25) is 0 Å². The first-order valence-corrected chi connectivity index (χ1v) is 5.91. The number of nitrogens with zero attached hydrogens (tertiary/aromatic N) is 1. The molecule has 2 N–H and O–H groups in total. The van der Waals surface area contributed by atoms with E-state index in [2.05, 4.69) is 17.3 Å². The van der Waals surface area contributed by atoms with Crippen molar-refractivity contribution in [3.8, 4) is 5.75 Å². The van der Waals surface area contributed by atoms with Gasteiger partial charge in [0, 0.05) is 18.7 Å². The van der Waals surface area contributed by atoms with Crippen LogP contribution in [0.3, 0.4) is 0 Å². The van der Waals surface area contributed by atoms with Crippen molar-refractivity contribution >= 4 is 5.91 Å². The molecule has 0 aromatic heterocycles. The molecule has 2 rings (SSSR count). The maximum Gasteiger partial charge on any atom is 0.251 e. The van der Waals surface area contributed by atoms with Crippen LogP contribution >= 0.6 is 0 Å². The summed E-state index contributed by atoms with van der Waals surface area (Å²) in [6.07, 6.45) is 1.14. The fraction of sp³-hybridized carbons (Fsp3) is 0.462. The first-order valence-electron chi connectivity index (χ1n) is 5.91. The molecule has 1 amide bonds. The highest BCUT2D eigenvalue weighted by Crippen LogP contribution is 2.14. The van der Waals surface area contributed by atoms with E-state index in [1.807, 2.05) is 0 Å². The van der Waals surface area contributed by atoms with Crippen LogP contribution in [-0.4, -0.2) is 42.6 Å². The van der Waals surface area contributed by atoms with Gasteiger partial charge in [-0.3, -0.25) is 4.79 Å². The van der Waals surface area contributed by atoms with Gasteiger partial charge in [-0.05, 0) is 44.1 Å². The zero-order valence-electron chi connectivity index (χ0n) is 10.0. The molecule has 0 aliphatic carbocycles. The number of likely N-dealkylation sites (tertiary alicyclic amines) is 1. The highest BCUT2D eigenvalue weighted by Gasteiger charge is 2.19. The number of hydrogen-bond acceptors (Lipinski definition) is 3. The average Bonchev–Trinajstić information content (AvgIpc) is 2.72. The van der Waals surface area contributed by atoms with Crippen LogP contribution in [0.1, 0.15) is 16.8 Å². The van der Waals surface area contributed by atoms with Crippen LogP contribution in [0.25, 0.3) is 0 Å². The van der Waals surface area contributed by atoms with Crippen molar-refractivity contribution in [1.29, 1.82) is 0 Å². The number of benzene rings is 1. The van der Waals surface area contributed by atoms with Gasteiger partial charge in [0.05, 0.1) is 0 Å². The van der Waals surface area contributed by atoms with Crippen molar-refractivity contribution in [3.63, 3.8) is 0 Å². The Morgan fingerprint density at radius 2 is 2.41 bits per heavy atom. The highest BCUT2D eigenvalue weighted by molar-refractivity contribution is 5.94. The average molecular weight is 234 g/mol. The quantitative estimate of drug-likeness (QED) is 0.822. The van der Waals surface area contributed by atoms with Crippen molar-refractivity contribution in [2.45, 2.75) is 6.42 Å². The maximum absolute atomic E-state index is 11.8. The molecule has 1 aromatic rings. The van der Waals surface area contributed by atoms with E-state index in [4.69, 9.17) is 0 Å². The third-order valence-corrected chi connectivity index (χ3v) is 3.15. The lowest BCUT2D eigenvalue weighted by Gasteiger charge is -2.11. The summed E-state index contributed by atoms with van der Waals surface area (Å²) in [6.45, 7) is 2.85. The summed E-state index contributed by atoms with van der Waals surface area (Å²) in [7, 11) is 2.09. The van der Waals surface area contributed by atoms with E-state index in [0.717, 1.165) is 19.5 Å². The third-order valence-electron chi connectivity index (χ3n) is 3.15. The van der Waals surface area contributed by atoms with Crippen molar-refractivity contribution in [1.82, 2.24) is 10.2 Å². The van der Waals surface area contributed by atoms with Gasteiger partial charge in [0.25, 0.3) is 5.91 Å². The van der Waals surface area contributed by atoms with E-state index < -0.39 is 0 Å². The number of amides is 1. The fourth-order valence-corrected chi connectivity index (χ4v) is 2.18. The number of phenolic OH excluding ortho intramolecular Hbond substituents is 1. The van der Waals surface area contributed by atoms with E-state index >= 15 is 0 Å². The number of hydrogen-bond donors (Lipinski definition) is 2. The molecule has 1 atom stereocenters. The molecule has 0 spiro atoms. The van der Waals surface area contributed by atoms with Crippen LogP contribution in [0.4, 0.5) is 0 Å². The second-order valence-electron chi connectivity index (χ2n) is 4.68. The molecule has 4 nitrogen and oxygen atoms in total. The number of carbonyl (C=O) groups is 1. The van der Waals surface area contributed by atoms with Gasteiger partial charge in [-0.15, -0.1) is 0 Å². The van der Waals surface area contributed by atoms with Crippen LogP contribution < -0.4 is 5.32 Å². The number of carbonyl (C=O) groups excluding carboxylic acids is 1. The topological polar surface area (TPSA) is 52.6 Å². The first kappa shape index (κ1) is 11.9. The highest BCUT2D eigenvalue weighted by atomic mass is 16.3. The summed E-state index contributed by atoms with van der Waals surface area (Å²) in [5.41, 5.74) is 0.511. The van der Waals surface area contributed by atoms with Gasteiger partial charge >= 0.3 is 0 Å². The maximum atomic E-state index is 11.8. The minimum Gasteiger partial charge on any atom is -0.508 e. The lowest BCUT2D eigenvalue weighted by atomic mass is 10.1.